The van der Waals surface area contributed by atoms with Crippen LogP contribution >= 0.6 is 0 Å². The van der Waals surface area contributed by atoms with Gasteiger partial charge in [-0.1, -0.05) is 6.07 Å². The Morgan fingerprint density at radius 2 is 2.23 bits per heavy atom. The van der Waals surface area contributed by atoms with Crippen LogP contribution in [-0.2, 0) is 6.42 Å². The molecule has 13 heavy (non-hydrogen) atoms. The molecule has 4 nitrogen and oxygen atoms in total. The molecule has 1 rings (SSSR count). The van der Waals surface area contributed by atoms with Crippen molar-refractivity contribution >= 4 is 5.69 Å². The molecule has 1 aromatic rings. The molecule has 0 spiro atoms. The highest BCUT2D eigenvalue weighted by molar-refractivity contribution is 5.39. The summed E-state index contributed by atoms with van der Waals surface area (Å²) in [6, 6.07) is 4.66. The monoisotopic (exact) mass is 181 g/mol. The highest BCUT2D eigenvalue weighted by atomic mass is 16.6. The fraction of sp³-hybridized carbons (Fsp3) is 0.333. The summed E-state index contributed by atoms with van der Waals surface area (Å²) >= 11 is 0. The van der Waals surface area contributed by atoms with Crippen LogP contribution in [-0.4, -0.2) is 16.6 Å². The van der Waals surface area contributed by atoms with Crippen LogP contribution < -0.4 is 0 Å². The van der Waals surface area contributed by atoms with E-state index in [0.717, 1.165) is 11.1 Å². The largest absolute Gasteiger partial charge is 0.396 e. The van der Waals surface area contributed by atoms with E-state index in [0.29, 0.717) is 6.42 Å². The molecule has 4 heteroatoms. The maximum absolute atomic E-state index is 10.4. The van der Waals surface area contributed by atoms with Crippen LogP contribution in [0.15, 0.2) is 18.2 Å². The Morgan fingerprint density at radius 1 is 1.54 bits per heavy atom. The number of rotatable bonds is 3. The van der Waals surface area contributed by atoms with Crippen molar-refractivity contribution in [3.8, 4) is 0 Å². The molecular formula is C9H11NO3. The molecule has 0 amide bonds. The van der Waals surface area contributed by atoms with Crippen LogP contribution in [0.25, 0.3) is 0 Å². The maximum Gasteiger partial charge on any atom is 0.269 e. The molecule has 1 aromatic carbocycles. The SMILES string of the molecule is Cc1cc([N+](=O)[O-])ccc1CCO. The van der Waals surface area contributed by atoms with Crippen LogP contribution in [0.1, 0.15) is 11.1 Å². The predicted octanol–water partition coefficient (Wildman–Crippen LogP) is 1.44. The molecule has 0 bridgehead atoms. The van der Waals surface area contributed by atoms with E-state index in [1.807, 2.05) is 0 Å². The van der Waals surface area contributed by atoms with Crippen molar-refractivity contribution in [3.63, 3.8) is 0 Å². The van der Waals surface area contributed by atoms with Gasteiger partial charge in [0.2, 0.25) is 0 Å². The van der Waals surface area contributed by atoms with Crippen LogP contribution in [0.2, 0.25) is 0 Å². The fourth-order valence-corrected chi connectivity index (χ4v) is 1.19. The number of nitrogens with zero attached hydrogens (tertiary/aromatic N) is 1. The van der Waals surface area contributed by atoms with E-state index in [-0.39, 0.29) is 12.3 Å². The average Bonchev–Trinajstić information content (AvgIpc) is 2.08. The summed E-state index contributed by atoms with van der Waals surface area (Å²) in [5, 5.41) is 19.1. The van der Waals surface area contributed by atoms with Crippen LogP contribution in [0.5, 0.6) is 0 Å². The lowest BCUT2D eigenvalue weighted by molar-refractivity contribution is -0.384. The Balaban J connectivity index is 2.98. The Bertz CT molecular complexity index is 323. The molecule has 70 valence electrons. The van der Waals surface area contributed by atoms with Crippen molar-refractivity contribution in [3.05, 3.63) is 39.4 Å². The van der Waals surface area contributed by atoms with E-state index >= 15 is 0 Å². The molecule has 0 fully saturated rings. The Kier molecular flexibility index (Phi) is 2.97. The molecule has 0 unspecified atom stereocenters. The van der Waals surface area contributed by atoms with Gasteiger partial charge in [0.1, 0.15) is 0 Å². The van der Waals surface area contributed by atoms with Gasteiger partial charge in [0.25, 0.3) is 5.69 Å². The lowest BCUT2D eigenvalue weighted by atomic mass is 10.1. The standard InChI is InChI=1S/C9H11NO3/c1-7-6-9(10(12)13)3-2-8(7)4-5-11/h2-3,6,11H,4-5H2,1H3. The number of hydrogen-bond donors (Lipinski definition) is 1. The van der Waals surface area contributed by atoms with Crippen molar-refractivity contribution in [2.24, 2.45) is 0 Å². The minimum atomic E-state index is -0.421. The molecule has 0 heterocycles. The number of nitro benzene ring substituents is 1. The Hall–Kier alpha value is -1.42. The van der Waals surface area contributed by atoms with E-state index in [2.05, 4.69) is 0 Å². The second-order valence-corrected chi connectivity index (χ2v) is 2.84. The lowest BCUT2D eigenvalue weighted by Gasteiger charge is -2.02. The summed E-state index contributed by atoms with van der Waals surface area (Å²) in [7, 11) is 0. The van der Waals surface area contributed by atoms with E-state index in [9.17, 15) is 10.1 Å². The number of aliphatic hydroxyl groups excluding tert-OH is 1. The first-order chi connectivity index (χ1) is 6.15. The first-order valence-electron chi connectivity index (χ1n) is 4.00. The number of aryl methyl sites for hydroxylation is 1. The zero-order valence-corrected chi connectivity index (χ0v) is 7.36. The highest BCUT2D eigenvalue weighted by Gasteiger charge is 2.06. The van der Waals surface area contributed by atoms with Gasteiger partial charge >= 0.3 is 0 Å². The molecule has 0 saturated heterocycles. The molecule has 0 aromatic heterocycles. The molecule has 0 atom stereocenters. The summed E-state index contributed by atoms with van der Waals surface area (Å²) in [5.74, 6) is 0. The minimum absolute atomic E-state index is 0.0681. The van der Waals surface area contributed by atoms with Gasteiger partial charge in [0.05, 0.1) is 4.92 Å². The Morgan fingerprint density at radius 3 is 2.69 bits per heavy atom. The molecule has 0 radical (unpaired) electrons. The minimum Gasteiger partial charge on any atom is -0.396 e. The smallest absolute Gasteiger partial charge is 0.269 e. The zero-order valence-electron chi connectivity index (χ0n) is 7.36. The molecule has 1 N–H and O–H groups in total. The van der Waals surface area contributed by atoms with Gasteiger partial charge in [-0.05, 0) is 24.5 Å². The van der Waals surface area contributed by atoms with Crippen LogP contribution in [0, 0.1) is 17.0 Å². The second-order valence-electron chi connectivity index (χ2n) is 2.84. The van der Waals surface area contributed by atoms with E-state index in [4.69, 9.17) is 5.11 Å². The van der Waals surface area contributed by atoms with Gasteiger partial charge < -0.3 is 5.11 Å². The number of hydrogen-bond acceptors (Lipinski definition) is 3. The quantitative estimate of drug-likeness (QED) is 0.566. The second kappa shape index (κ2) is 4.00. The summed E-state index contributed by atoms with van der Waals surface area (Å²) < 4.78 is 0. The highest BCUT2D eigenvalue weighted by Crippen LogP contribution is 2.17. The van der Waals surface area contributed by atoms with Crippen molar-refractivity contribution < 1.29 is 10.0 Å². The first kappa shape index (κ1) is 9.67. The van der Waals surface area contributed by atoms with E-state index in [1.165, 1.54) is 12.1 Å². The van der Waals surface area contributed by atoms with Gasteiger partial charge in [-0.15, -0.1) is 0 Å². The van der Waals surface area contributed by atoms with E-state index < -0.39 is 4.92 Å². The molecule has 0 saturated carbocycles. The van der Waals surface area contributed by atoms with Crippen LogP contribution in [0.3, 0.4) is 0 Å². The molecule has 0 aliphatic heterocycles. The predicted molar refractivity (Wildman–Crippen MR) is 48.6 cm³/mol. The summed E-state index contributed by atoms with van der Waals surface area (Å²) in [6.45, 7) is 1.87. The van der Waals surface area contributed by atoms with Gasteiger partial charge in [-0.25, -0.2) is 0 Å². The summed E-state index contributed by atoms with van der Waals surface area (Å²) in [6.07, 6.45) is 0.545. The van der Waals surface area contributed by atoms with Crippen molar-refractivity contribution in [1.82, 2.24) is 0 Å². The molecule has 0 aliphatic rings. The van der Waals surface area contributed by atoms with Gasteiger partial charge in [0.15, 0.2) is 0 Å². The normalized spacial score (nSPS) is 10.0. The van der Waals surface area contributed by atoms with Crippen molar-refractivity contribution in [2.45, 2.75) is 13.3 Å². The van der Waals surface area contributed by atoms with Gasteiger partial charge in [0, 0.05) is 18.7 Å². The Labute approximate surface area is 76.0 Å². The van der Waals surface area contributed by atoms with Crippen molar-refractivity contribution in [2.75, 3.05) is 6.61 Å². The van der Waals surface area contributed by atoms with Crippen molar-refractivity contribution in [1.29, 1.82) is 0 Å². The van der Waals surface area contributed by atoms with Crippen LogP contribution in [0.4, 0.5) is 5.69 Å². The maximum atomic E-state index is 10.4. The third-order valence-corrected chi connectivity index (χ3v) is 1.92. The topological polar surface area (TPSA) is 63.4 Å². The number of nitro groups is 1. The average molecular weight is 181 g/mol. The first-order valence-corrected chi connectivity index (χ1v) is 4.00. The fourth-order valence-electron chi connectivity index (χ4n) is 1.19. The summed E-state index contributed by atoms with van der Waals surface area (Å²) in [5.41, 5.74) is 1.90. The number of non-ortho nitro benzene ring substituents is 1. The molecular weight excluding hydrogens is 170 g/mol. The third-order valence-electron chi connectivity index (χ3n) is 1.92. The lowest BCUT2D eigenvalue weighted by Crippen LogP contribution is -1.95. The molecule has 0 aliphatic carbocycles. The zero-order chi connectivity index (χ0) is 9.84. The number of benzene rings is 1. The van der Waals surface area contributed by atoms with Gasteiger partial charge in [-0.3, -0.25) is 10.1 Å². The summed E-state index contributed by atoms with van der Waals surface area (Å²) in [4.78, 5) is 9.96. The van der Waals surface area contributed by atoms with Gasteiger partial charge in [-0.2, -0.15) is 0 Å². The third kappa shape index (κ3) is 2.26. The van der Waals surface area contributed by atoms with E-state index in [1.54, 1.807) is 13.0 Å². The number of aliphatic hydroxyl groups is 1.